The van der Waals surface area contributed by atoms with Gasteiger partial charge >= 0.3 is 5.63 Å². The molecule has 5 aromatic rings. The first-order valence-corrected chi connectivity index (χ1v) is 14.9. The summed E-state index contributed by atoms with van der Waals surface area (Å²) in [5, 5.41) is 25.5. The lowest BCUT2D eigenvalue weighted by Gasteiger charge is -2.40. The Balaban J connectivity index is 1.31. The number of carbonyl (C=O) groups excluding carboxylic acids is 2. The Bertz CT molecular complexity index is 1980. The number of aliphatic hydroxyl groups is 2. The van der Waals surface area contributed by atoms with Crippen molar-refractivity contribution in [2.24, 2.45) is 0 Å². The third kappa shape index (κ3) is 5.17. The summed E-state index contributed by atoms with van der Waals surface area (Å²) in [6, 6.07) is 24.5. The van der Waals surface area contributed by atoms with Crippen LogP contribution in [0.4, 0.5) is 0 Å². The van der Waals surface area contributed by atoms with E-state index in [9.17, 15) is 24.6 Å². The van der Waals surface area contributed by atoms with Gasteiger partial charge in [0.25, 0.3) is 5.91 Å². The van der Waals surface area contributed by atoms with Crippen molar-refractivity contribution in [3.63, 3.8) is 0 Å². The second-order valence-electron chi connectivity index (χ2n) is 11.3. The van der Waals surface area contributed by atoms with Gasteiger partial charge in [0.05, 0.1) is 18.6 Å². The number of aromatic amines is 1. The first kappa shape index (κ1) is 28.6. The number of nitrogens with one attached hydrogen (secondary N) is 2. The summed E-state index contributed by atoms with van der Waals surface area (Å²) >= 11 is 0. The van der Waals surface area contributed by atoms with Crippen LogP contribution in [0.15, 0.2) is 106 Å². The number of aromatic nitrogens is 1. The highest BCUT2D eigenvalue weighted by Crippen LogP contribution is 2.47. The molecule has 4 atom stereocenters. The molecule has 0 fully saturated rings. The summed E-state index contributed by atoms with van der Waals surface area (Å²) in [5.41, 5.74) is 2.23. The van der Waals surface area contributed by atoms with Gasteiger partial charge in [-0.1, -0.05) is 54.6 Å². The molecule has 45 heavy (non-hydrogen) atoms. The lowest BCUT2D eigenvalue weighted by atomic mass is 9.77. The molecular formula is C35H31N3O7. The van der Waals surface area contributed by atoms with E-state index in [0.717, 1.165) is 22.2 Å². The van der Waals surface area contributed by atoms with E-state index in [2.05, 4.69) is 10.3 Å². The molecule has 1 aliphatic heterocycles. The van der Waals surface area contributed by atoms with E-state index in [0.29, 0.717) is 28.7 Å². The molecule has 2 aromatic heterocycles. The highest BCUT2D eigenvalue weighted by molar-refractivity contribution is 5.98. The smallest absolute Gasteiger partial charge is 0.349 e. The van der Waals surface area contributed by atoms with Gasteiger partial charge in [-0.15, -0.1) is 0 Å². The molecule has 0 spiro atoms. The zero-order chi connectivity index (χ0) is 31.1. The van der Waals surface area contributed by atoms with Crippen molar-refractivity contribution in [2.75, 3.05) is 19.7 Å². The zero-order valence-corrected chi connectivity index (χ0v) is 24.2. The van der Waals surface area contributed by atoms with Gasteiger partial charge in [-0.2, -0.15) is 0 Å². The molecular weight excluding hydrogens is 574 g/mol. The molecule has 10 heteroatoms. The van der Waals surface area contributed by atoms with Crippen LogP contribution in [0.3, 0.4) is 0 Å². The average molecular weight is 606 g/mol. The third-order valence-electron chi connectivity index (χ3n) is 8.58. The Morgan fingerprint density at radius 3 is 2.53 bits per heavy atom. The van der Waals surface area contributed by atoms with Crippen LogP contribution >= 0.6 is 0 Å². The van der Waals surface area contributed by atoms with Crippen LogP contribution in [-0.2, 0) is 11.2 Å². The lowest BCUT2D eigenvalue weighted by molar-refractivity contribution is -0.118. The molecule has 0 bridgehead atoms. The van der Waals surface area contributed by atoms with Crippen molar-refractivity contribution in [3.8, 4) is 5.75 Å². The minimum Gasteiger partial charge on any atom is -0.486 e. The average Bonchev–Trinajstić information content (AvgIpc) is 3.66. The van der Waals surface area contributed by atoms with Crippen molar-refractivity contribution in [2.45, 2.75) is 30.6 Å². The van der Waals surface area contributed by atoms with Crippen LogP contribution in [0.5, 0.6) is 5.75 Å². The van der Waals surface area contributed by atoms with Crippen molar-refractivity contribution in [3.05, 3.63) is 124 Å². The van der Waals surface area contributed by atoms with Gasteiger partial charge in [-0.05, 0) is 41.8 Å². The number of H-pyrrole nitrogens is 1. The quantitative estimate of drug-likeness (QED) is 0.199. The Morgan fingerprint density at radius 2 is 1.71 bits per heavy atom. The van der Waals surface area contributed by atoms with Crippen molar-refractivity contribution in [1.82, 2.24) is 15.2 Å². The second-order valence-corrected chi connectivity index (χ2v) is 11.3. The maximum absolute atomic E-state index is 14.3. The Labute approximate surface area is 257 Å². The maximum atomic E-state index is 14.3. The summed E-state index contributed by atoms with van der Waals surface area (Å²) in [7, 11) is 0. The minimum atomic E-state index is -1.24. The molecule has 3 aromatic carbocycles. The number of rotatable bonds is 8. The molecule has 7 rings (SSSR count). The Hall–Kier alpha value is -5.19. The van der Waals surface area contributed by atoms with E-state index >= 15 is 0 Å². The van der Waals surface area contributed by atoms with E-state index in [1.54, 1.807) is 36.4 Å². The predicted molar refractivity (Wildman–Crippen MR) is 167 cm³/mol. The molecule has 0 saturated heterocycles. The molecule has 4 N–H and O–H groups in total. The number of hydrogen-bond donors (Lipinski definition) is 4. The van der Waals surface area contributed by atoms with Gasteiger partial charge in [-0.3, -0.25) is 9.59 Å². The molecule has 2 amide bonds. The molecule has 10 nitrogen and oxygen atoms in total. The first-order valence-electron chi connectivity index (χ1n) is 14.9. The van der Waals surface area contributed by atoms with Crippen LogP contribution in [0, 0.1) is 0 Å². The number of ether oxygens (including phenoxy) is 1. The molecule has 228 valence electrons. The standard InChI is InChI=1S/C35H31N3O7/c39-16-14-36-33(41)24-19-27(31(40)32-30(24)23-9-3-6-12-29(23)44-32)38(15-13-22-17-20-7-1-4-10-26(20)37-22)34(42)25-18-21-8-2-5-11-28(21)45-35(25)43/h1-12,17-19,27,30-32,37,39-40H,13-16H2,(H,36,41)/t27-,30+,31+,32+/m1/s1. The van der Waals surface area contributed by atoms with Gasteiger partial charge in [0, 0.05) is 47.2 Å². The van der Waals surface area contributed by atoms with E-state index < -0.39 is 41.6 Å². The van der Waals surface area contributed by atoms with Crippen LogP contribution < -0.4 is 15.7 Å². The number of aliphatic hydroxyl groups excluding tert-OH is 2. The Kier molecular flexibility index (Phi) is 7.44. The van der Waals surface area contributed by atoms with Gasteiger partial charge in [0.15, 0.2) is 0 Å². The van der Waals surface area contributed by atoms with Gasteiger partial charge < -0.3 is 34.6 Å². The van der Waals surface area contributed by atoms with E-state index in [-0.39, 0.29) is 25.3 Å². The highest BCUT2D eigenvalue weighted by atomic mass is 16.5. The summed E-state index contributed by atoms with van der Waals surface area (Å²) < 4.78 is 11.7. The number of fused-ring (bicyclic) bond motifs is 5. The molecule has 0 saturated carbocycles. The normalized spacial score (nSPS) is 20.3. The fourth-order valence-electron chi connectivity index (χ4n) is 6.45. The van der Waals surface area contributed by atoms with Gasteiger partial charge in [0.1, 0.15) is 29.1 Å². The van der Waals surface area contributed by atoms with Crippen molar-refractivity contribution in [1.29, 1.82) is 0 Å². The predicted octanol–water partition coefficient (Wildman–Crippen LogP) is 3.28. The van der Waals surface area contributed by atoms with Gasteiger partial charge in [-0.25, -0.2) is 4.79 Å². The number of carbonyl (C=O) groups is 2. The SMILES string of the molecule is O=C(NCCO)C1=C[C@@H](N(CCc2cc3ccccc3[nH]2)C(=O)c2cc3ccccc3oc2=O)[C@H](O)[C@H]2Oc3ccccc3[C@@H]12. The van der Waals surface area contributed by atoms with E-state index in [1.807, 2.05) is 48.5 Å². The minimum absolute atomic E-state index is 0.0322. The van der Waals surface area contributed by atoms with E-state index in [4.69, 9.17) is 9.15 Å². The summed E-state index contributed by atoms with van der Waals surface area (Å²) in [5.74, 6) is -1.14. The van der Waals surface area contributed by atoms with E-state index in [1.165, 1.54) is 11.0 Å². The molecule has 0 unspecified atom stereocenters. The van der Waals surface area contributed by atoms with Crippen molar-refractivity contribution < 1.29 is 29.0 Å². The summed E-state index contributed by atoms with van der Waals surface area (Å²) in [6.45, 7) is -0.115. The van der Waals surface area contributed by atoms with Crippen LogP contribution in [-0.4, -0.2) is 69.9 Å². The summed E-state index contributed by atoms with van der Waals surface area (Å²) in [4.78, 5) is 45.8. The number of benzene rings is 3. The van der Waals surface area contributed by atoms with Crippen LogP contribution in [0.1, 0.15) is 27.5 Å². The largest absolute Gasteiger partial charge is 0.486 e. The summed E-state index contributed by atoms with van der Waals surface area (Å²) in [6.07, 6.45) is -0.146. The number of hydrogen-bond acceptors (Lipinski definition) is 7. The maximum Gasteiger partial charge on any atom is 0.349 e. The lowest BCUT2D eigenvalue weighted by Crippen LogP contribution is -2.56. The molecule has 2 aliphatic rings. The second kappa shape index (κ2) is 11.7. The topological polar surface area (TPSA) is 145 Å². The van der Waals surface area contributed by atoms with Gasteiger partial charge in [0.2, 0.25) is 5.91 Å². The van der Waals surface area contributed by atoms with Crippen LogP contribution in [0.2, 0.25) is 0 Å². The fraction of sp³-hybridized carbons (Fsp3) is 0.229. The monoisotopic (exact) mass is 605 g/mol. The third-order valence-corrected chi connectivity index (χ3v) is 8.58. The highest BCUT2D eigenvalue weighted by Gasteiger charge is 2.50. The van der Waals surface area contributed by atoms with Crippen molar-refractivity contribution >= 4 is 33.7 Å². The van der Waals surface area contributed by atoms with Crippen LogP contribution in [0.25, 0.3) is 21.9 Å². The molecule has 1 aliphatic carbocycles. The number of para-hydroxylation sites is 3. The molecule has 3 heterocycles. The zero-order valence-electron chi connectivity index (χ0n) is 24.2. The first-order chi connectivity index (χ1) is 21.9. The number of amides is 2. The fourth-order valence-corrected chi connectivity index (χ4v) is 6.45. The number of nitrogens with zero attached hydrogens (tertiary/aromatic N) is 1. The molecule has 0 radical (unpaired) electrons. The Morgan fingerprint density at radius 1 is 0.956 bits per heavy atom.